The van der Waals surface area contributed by atoms with E-state index in [9.17, 15) is 9.59 Å². The van der Waals surface area contributed by atoms with Gasteiger partial charge in [-0.2, -0.15) is 0 Å². The van der Waals surface area contributed by atoms with Gasteiger partial charge in [0.25, 0.3) is 0 Å². The SMILES string of the molecule is C=CCNC(=O)C(=O)NC. The van der Waals surface area contributed by atoms with Gasteiger partial charge < -0.3 is 10.6 Å². The molecule has 0 rings (SSSR count). The Hall–Kier alpha value is -1.32. The summed E-state index contributed by atoms with van der Waals surface area (Å²) in [5.41, 5.74) is 0. The molecule has 0 aromatic rings. The molecule has 4 heteroatoms. The minimum absolute atomic E-state index is 0.312. The predicted molar refractivity (Wildman–Crippen MR) is 37.3 cm³/mol. The van der Waals surface area contributed by atoms with Crippen molar-refractivity contribution in [2.24, 2.45) is 0 Å². The van der Waals surface area contributed by atoms with E-state index < -0.39 is 11.8 Å². The van der Waals surface area contributed by atoms with E-state index in [-0.39, 0.29) is 0 Å². The van der Waals surface area contributed by atoms with Gasteiger partial charge in [-0.15, -0.1) is 6.58 Å². The Morgan fingerprint density at radius 2 is 2.10 bits per heavy atom. The third kappa shape index (κ3) is 2.86. The molecule has 0 heterocycles. The van der Waals surface area contributed by atoms with Crippen LogP contribution in [0.3, 0.4) is 0 Å². The van der Waals surface area contributed by atoms with E-state index in [1.54, 1.807) is 0 Å². The van der Waals surface area contributed by atoms with E-state index in [4.69, 9.17) is 0 Å². The lowest BCUT2D eigenvalue weighted by molar-refractivity contribution is -0.138. The Morgan fingerprint density at radius 3 is 2.50 bits per heavy atom. The van der Waals surface area contributed by atoms with Gasteiger partial charge in [-0.25, -0.2) is 0 Å². The number of rotatable bonds is 2. The molecule has 0 aliphatic carbocycles. The summed E-state index contributed by atoms with van der Waals surface area (Å²) in [6.45, 7) is 3.68. The number of hydrogen-bond donors (Lipinski definition) is 2. The van der Waals surface area contributed by atoms with E-state index in [0.29, 0.717) is 6.54 Å². The summed E-state index contributed by atoms with van der Waals surface area (Å²) >= 11 is 0. The average molecular weight is 142 g/mol. The molecule has 0 aromatic heterocycles. The van der Waals surface area contributed by atoms with Crippen LogP contribution in [0.1, 0.15) is 0 Å². The predicted octanol–water partition coefficient (Wildman–Crippen LogP) is -0.965. The van der Waals surface area contributed by atoms with Crippen LogP contribution < -0.4 is 10.6 Å². The largest absolute Gasteiger partial charge is 0.351 e. The molecule has 0 bridgehead atoms. The number of hydrogen-bond acceptors (Lipinski definition) is 2. The molecule has 56 valence electrons. The maximum Gasteiger partial charge on any atom is 0.309 e. The lowest BCUT2D eigenvalue weighted by atomic mass is 10.5. The van der Waals surface area contributed by atoms with Gasteiger partial charge in [0, 0.05) is 13.6 Å². The van der Waals surface area contributed by atoms with Gasteiger partial charge >= 0.3 is 11.8 Å². The van der Waals surface area contributed by atoms with Crippen LogP contribution in [0.25, 0.3) is 0 Å². The van der Waals surface area contributed by atoms with Gasteiger partial charge in [0.05, 0.1) is 0 Å². The van der Waals surface area contributed by atoms with E-state index in [0.717, 1.165) is 0 Å². The minimum Gasteiger partial charge on any atom is -0.351 e. The number of nitrogens with one attached hydrogen (secondary N) is 2. The molecule has 0 radical (unpaired) electrons. The van der Waals surface area contributed by atoms with Gasteiger partial charge in [-0.05, 0) is 0 Å². The molecule has 0 fully saturated rings. The zero-order valence-electron chi connectivity index (χ0n) is 5.81. The van der Waals surface area contributed by atoms with Crippen LogP contribution in [0.5, 0.6) is 0 Å². The number of amides is 2. The van der Waals surface area contributed by atoms with Gasteiger partial charge in [0.1, 0.15) is 0 Å². The summed E-state index contributed by atoms with van der Waals surface area (Å²) in [7, 11) is 1.40. The standard InChI is InChI=1S/C6H10N2O2/c1-3-4-8-6(10)5(9)7-2/h3H,1,4H2,2H3,(H,7,9)(H,8,10). The second-order valence-electron chi connectivity index (χ2n) is 1.58. The summed E-state index contributed by atoms with van der Waals surface area (Å²) in [5, 5.41) is 4.50. The lowest BCUT2D eigenvalue weighted by Crippen LogP contribution is -2.38. The fourth-order valence-electron chi connectivity index (χ4n) is 0.359. The first-order chi connectivity index (χ1) is 4.72. The number of carbonyl (C=O) groups is 2. The molecule has 0 aliphatic rings. The van der Waals surface area contributed by atoms with Crippen molar-refractivity contribution in [2.45, 2.75) is 0 Å². The van der Waals surface area contributed by atoms with E-state index in [1.807, 2.05) is 0 Å². The van der Waals surface area contributed by atoms with Gasteiger partial charge in [-0.3, -0.25) is 9.59 Å². The van der Waals surface area contributed by atoms with Crippen molar-refractivity contribution < 1.29 is 9.59 Å². The average Bonchev–Trinajstić information content (AvgIpc) is 1.98. The molecular formula is C6H10N2O2. The van der Waals surface area contributed by atoms with Crippen molar-refractivity contribution in [3.8, 4) is 0 Å². The zero-order valence-corrected chi connectivity index (χ0v) is 5.81. The maximum atomic E-state index is 10.6. The van der Waals surface area contributed by atoms with Crippen LogP contribution in [0.15, 0.2) is 12.7 Å². The van der Waals surface area contributed by atoms with Crippen LogP contribution >= 0.6 is 0 Å². The molecule has 0 aliphatic heterocycles. The molecule has 4 nitrogen and oxygen atoms in total. The first kappa shape index (κ1) is 8.68. The second kappa shape index (κ2) is 4.55. The van der Waals surface area contributed by atoms with Crippen LogP contribution in [0, 0.1) is 0 Å². The summed E-state index contributed by atoms with van der Waals surface area (Å²) in [4.78, 5) is 21.0. The normalized spacial score (nSPS) is 8.10. The minimum atomic E-state index is -0.637. The Balaban J connectivity index is 3.62. The Labute approximate surface area is 59.3 Å². The van der Waals surface area contributed by atoms with Crippen LogP contribution in [0.4, 0.5) is 0 Å². The third-order valence-corrected chi connectivity index (χ3v) is 0.840. The zero-order chi connectivity index (χ0) is 7.98. The fraction of sp³-hybridized carbons (Fsp3) is 0.333. The third-order valence-electron chi connectivity index (χ3n) is 0.840. The molecule has 0 spiro atoms. The lowest BCUT2D eigenvalue weighted by Gasteiger charge is -1.98. The molecular weight excluding hydrogens is 132 g/mol. The Bertz CT molecular complexity index is 154. The van der Waals surface area contributed by atoms with Crippen molar-refractivity contribution in [2.75, 3.05) is 13.6 Å². The molecule has 0 aromatic carbocycles. The molecule has 0 saturated heterocycles. The second-order valence-corrected chi connectivity index (χ2v) is 1.58. The smallest absolute Gasteiger partial charge is 0.309 e. The fourth-order valence-corrected chi connectivity index (χ4v) is 0.359. The van der Waals surface area contributed by atoms with Crippen LogP contribution in [-0.2, 0) is 9.59 Å². The van der Waals surface area contributed by atoms with Crippen molar-refractivity contribution in [3.63, 3.8) is 0 Å². The van der Waals surface area contributed by atoms with E-state index in [2.05, 4.69) is 17.2 Å². The molecule has 0 atom stereocenters. The highest BCUT2D eigenvalue weighted by atomic mass is 16.2. The number of carbonyl (C=O) groups excluding carboxylic acids is 2. The highest BCUT2D eigenvalue weighted by molar-refractivity contribution is 6.35. The van der Waals surface area contributed by atoms with Crippen molar-refractivity contribution in [3.05, 3.63) is 12.7 Å². The van der Waals surface area contributed by atoms with E-state index in [1.165, 1.54) is 13.1 Å². The van der Waals surface area contributed by atoms with Crippen LogP contribution in [0.2, 0.25) is 0 Å². The monoisotopic (exact) mass is 142 g/mol. The molecule has 0 saturated carbocycles. The highest BCUT2D eigenvalue weighted by Gasteiger charge is 2.07. The van der Waals surface area contributed by atoms with Gasteiger partial charge in [0.15, 0.2) is 0 Å². The van der Waals surface area contributed by atoms with Crippen molar-refractivity contribution >= 4 is 11.8 Å². The molecule has 0 unspecified atom stereocenters. The van der Waals surface area contributed by atoms with Gasteiger partial charge in [0.2, 0.25) is 0 Å². The van der Waals surface area contributed by atoms with E-state index >= 15 is 0 Å². The first-order valence-corrected chi connectivity index (χ1v) is 2.83. The summed E-state index contributed by atoms with van der Waals surface area (Å²) in [6, 6.07) is 0. The number of likely N-dealkylation sites (N-methyl/N-ethyl adjacent to an activating group) is 1. The maximum absolute atomic E-state index is 10.6. The van der Waals surface area contributed by atoms with Crippen LogP contribution in [-0.4, -0.2) is 25.4 Å². The van der Waals surface area contributed by atoms with Crippen molar-refractivity contribution in [1.82, 2.24) is 10.6 Å². The highest BCUT2D eigenvalue weighted by Crippen LogP contribution is 1.65. The Kier molecular flexibility index (Phi) is 3.95. The summed E-state index contributed by atoms with van der Waals surface area (Å²) in [6.07, 6.45) is 1.50. The summed E-state index contributed by atoms with van der Waals surface area (Å²) < 4.78 is 0. The molecule has 2 amide bonds. The van der Waals surface area contributed by atoms with Gasteiger partial charge in [-0.1, -0.05) is 6.08 Å². The Morgan fingerprint density at radius 1 is 1.50 bits per heavy atom. The molecule has 10 heavy (non-hydrogen) atoms. The summed E-state index contributed by atoms with van der Waals surface area (Å²) in [5.74, 6) is -1.27. The topological polar surface area (TPSA) is 58.2 Å². The first-order valence-electron chi connectivity index (χ1n) is 2.83. The van der Waals surface area contributed by atoms with Crippen molar-refractivity contribution in [1.29, 1.82) is 0 Å². The molecule has 2 N–H and O–H groups in total. The quantitative estimate of drug-likeness (QED) is 0.385.